The van der Waals surface area contributed by atoms with Gasteiger partial charge in [0.1, 0.15) is 5.75 Å². The zero-order valence-electron chi connectivity index (χ0n) is 10.2. The molecule has 3 nitrogen and oxygen atoms in total. The molecule has 0 aliphatic rings. The second kappa shape index (κ2) is 6.25. The number of hydrogen-bond acceptors (Lipinski definition) is 2. The Morgan fingerprint density at radius 3 is 2.58 bits per heavy atom. The van der Waals surface area contributed by atoms with Crippen molar-refractivity contribution in [1.82, 2.24) is 5.32 Å². The molecule has 0 saturated heterocycles. The van der Waals surface area contributed by atoms with E-state index in [1.807, 2.05) is 30.3 Å². The van der Waals surface area contributed by atoms with E-state index in [2.05, 4.69) is 5.32 Å². The van der Waals surface area contributed by atoms with E-state index in [-0.39, 0.29) is 17.0 Å². The van der Waals surface area contributed by atoms with Crippen LogP contribution in [0.15, 0.2) is 54.6 Å². The van der Waals surface area contributed by atoms with Gasteiger partial charge in [0.2, 0.25) is 0 Å². The predicted octanol–water partition coefficient (Wildman–Crippen LogP) is 3.10. The molecule has 98 valence electrons. The van der Waals surface area contributed by atoms with Crippen molar-refractivity contribution >= 4 is 17.5 Å². The highest BCUT2D eigenvalue weighted by molar-refractivity contribution is 6.21. The lowest BCUT2D eigenvalue weighted by Gasteiger charge is -2.11. The predicted molar refractivity (Wildman–Crippen MR) is 75.5 cm³/mol. The molecule has 0 aliphatic carbocycles. The van der Waals surface area contributed by atoms with Crippen molar-refractivity contribution in [3.05, 3.63) is 65.7 Å². The fraction of sp³-hybridized carbons (Fsp3) is 0.133. The minimum absolute atomic E-state index is 0.0677. The molecule has 4 heteroatoms. The second-order valence-corrected chi connectivity index (χ2v) is 4.67. The van der Waals surface area contributed by atoms with Crippen LogP contribution < -0.4 is 5.32 Å². The quantitative estimate of drug-likeness (QED) is 0.843. The van der Waals surface area contributed by atoms with Gasteiger partial charge in [-0.3, -0.25) is 4.79 Å². The van der Waals surface area contributed by atoms with Crippen LogP contribution in [0.4, 0.5) is 0 Å². The summed E-state index contributed by atoms with van der Waals surface area (Å²) in [7, 11) is 0. The molecule has 2 N–H and O–H groups in total. The molecule has 0 saturated carbocycles. The third kappa shape index (κ3) is 3.73. The van der Waals surface area contributed by atoms with Crippen molar-refractivity contribution in [1.29, 1.82) is 0 Å². The first-order chi connectivity index (χ1) is 9.16. The van der Waals surface area contributed by atoms with Crippen molar-refractivity contribution in [2.24, 2.45) is 0 Å². The van der Waals surface area contributed by atoms with Gasteiger partial charge in [-0.15, -0.1) is 11.6 Å². The molecular formula is C15H14ClNO2. The maximum Gasteiger partial charge on any atom is 0.251 e. The molecule has 0 aromatic heterocycles. The van der Waals surface area contributed by atoms with Crippen LogP contribution in [0.25, 0.3) is 0 Å². The molecule has 1 unspecified atom stereocenters. The number of carbonyl (C=O) groups is 1. The number of amides is 1. The lowest BCUT2D eigenvalue weighted by Crippen LogP contribution is -2.26. The number of nitrogens with one attached hydrogen (secondary N) is 1. The fourth-order valence-electron chi connectivity index (χ4n) is 1.71. The number of benzene rings is 2. The summed E-state index contributed by atoms with van der Waals surface area (Å²) in [5.74, 6) is -0.185. The Labute approximate surface area is 116 Å². The van der Waals surface area contributed by atoms with Crippen LogP contribution in [0.3, 0.4) is 0 Å². The summed E-state index contributed by atoms with van der Waals surface area (Å²) in [6.07, 6.45) is 0. The molecule has 1 atom stereocenters. The van der Waals surface area contributed by atoms with Gasteiger partial charge in [0, 0.05) is 12.1 Å². The molecule has 2 aromatic rings. The lowest BCUT2D eigenvalue weighted by atomic mass is 10.1. The van der Waals surface area contributed by atoms with E-state index in [0.29, 0.717) is 12.1 Å². The van der Waals surface area contributed by atoms with Crippen molar-refractivity contribution in [3.63, 3.8) is 0 Å². The van der Waals surface area contributed by atoms with Crippen LogP contribution in [-0.2, 0) is 0 Å². The van der Waals surface area contributed by atoms with E-state index in [4.69, 9.17) is 11.6 Å². The molecule has 0 fully saturated rings. The highest BCUT2D eigenvalue weighted by Gasteiger charge is 2.10. The number of carbonyl (C=O) groups excluding carboxylic acids is 1. The molecule has 0 spiro atoms. The number of phenols is 1. The summed E-state index contributed by atoms with van der Waals surface area (Å²) in [5, 5.41) is 11.8. The summed E-state index contributed by atoms with van der Waals surface area (Å²) in [5.41, 5.74) is 1.37. The number of aromatic hydroxyl groups is 1. The first kappa shape index (κ1) is 13.4. The van der Waals surface area contributed by atoms with E-state index in [1.165, 1.54) is 12.1 Å². The molecule has 2 aromatic carbocycles. The number of rotatable bonds is 4. The van der Waals surface area contributed by atoms with Gasteiger partial charge in [-0.1, -0.05) is 36.4 Å². The van der Waals surface area contributed by atoms with Crippen LogP contribution in [0.2, 0.25) is 0 Å². The number of phenolic OH excluding ortho intramolecular Hbond substituents is 1. The van der Waals surface area contributed by atoms with Crippen LogP contribution in [0, 0.1) is 0 Å². The van der Waals surface area contributed by atoms with Gasteiger partial charge in [-0.05, 0) is 23.8 Å². The summed E-state index contributed by atoms with van der Waals surface area (Å²) in [6.45, 7) is 0.333. The maximum absolute atomic E-state index is 11.9. The largest absolute Gasteiger partial charge is 0.508 e. The molecule has 0 radical (unpaired) electrons. The highest BCUT2D eigenvalue weighted by atomic mass is 35.5. The Balaban J connectivity index is 1.94. The van der Waals surface area contributed by atoms with Crippen LogP contribution in [-0.4, -0.2) is 17.6 Å². The highest BCUT2D eigenvalue weighted by Crippen LogP contribution is 2.19. The molecular weight excluding hydrogens is 262 g/mol. The Morgan fingerprint density at radius 2 is 1.89 bits per heavy atom. The smallest absolute Gasteiger partial charge is 0.251 e. The van der Waals surface area contributed by atoms with E-state index >= 15 is 0 Å². The zero-order chi connectivity index (χ0) is 13.7. The normalized spacial score (nSPS) is 11.8. The van der Waals surface area contributed by atoms with Gasteiger partial charge in [0.05, 0.1) is 5.38 Å². The monoisotopic (exact) mass is 275 g/mol. The van der Waals surface area contributed by atoms with E-state index in [0.717, 1.165) is 5.56 Å². The van der Waals surface area contributed by atoms with E-state index < -0.39 is 0 Å². The summed E-state index contributed by atoms with van der Waals surface area (Å²) < 4.78 is 0. The minimum Gasteiger partial charge on any atom is -0.508 e. The van der Waals surface area contributed by atoms with Crippen molar-refractivity contribution < 1.29 is 9.90 Å². The fourth-order valence-corrected chi connectivity index (χ4v) is 1.93. The lowest BCUT2D eigenvalue weighted by molar-refractivity contribution is 0.0953. The average Bonchev–Trinajstić information content (AvgIpc) is 2.45. The molecule has 0 aliphatic heterocycles. The van der Waals surface area contributed by atoms with Gasteiger partial charge >= 0.3 is 0 Å². The third-order valence-electron chi connectivity index (χ3n) is 2.71. The second-order valence-electron chi connectivity index (χ2n) is 4.14. The summed E-state index contributed by atoms with van der Waals surface area (Å²) >= 11 is 6.20. The SMILES string of the molecule is O=C(NCC(Cl)c1ccccc1)c1cccc(O)c1. The van der Waals surface area contributed by atoms with Gasteiger partial charge in [0.25, 0.3) is 5.91 Å². The number of hydrogen-bond donors (Lipinski definition) is 2. The average molecular weight is 276 g/mol. The Morgan fingerprint density at radius 1 is 1.16 bits per heavy atom. The first-order valence-electron chi connectivity index (χ1n) is 5.93. The summed E-state index contributed by atoms with van der Waals surface area (Å²) in [6, 6.07) is 15.8. The van der Waals surface area contributed by atoms with Crippen molar-refractivity contribution in [2.75, 3.05) is 6.54 Å². The van der Waals surface area contributed by atoms with Gasteiger partial charge in [-0.25, -0.2) is 0 Å². The zero-order valence-corrected chi connectivity index (χ0v) is 11.0. The molecule has 19 heavy (non-hydrogen) atoms. The van der Waals surface area contributed by atoms with Crippen LogP contribution in [0.1, 0.15) is 21.3 Å². The van der Waals surface area contributed by atoms with E-state index in [9.17, 15) is 9.90 Å². The van der Waals surface area contributed by atoms with Gasteiger partial charge < -0.3 is 10.4 Å². The van der Waals surface area contributed by atoms with Crippen LogP contribution in [0.5, 0.6) is 5.75 Å². The first-order valence-corrected chi connectivity index (χ1v) is 6.36. The number of alkyl halides is 1. The van der Waals surface area contributed by atoms with E-state index in [1.54, 1.807) is 12.1 Å². The topological polar surface area (TPSA) is 49.3 Å². The Kier molecular flexibility index (Phi) is 4.42. The van der Waals surface area contributed by atoms with Crippen LogP contribution >= 0.6 is 11.6 Å². The minimum atomic E-state index is -0.276. The van der Waals surface area contributed by atoms with Gasteiger partial charge in [0.15, 0.2) is 0 Å². The van der Waals surface area contributed by atoms with Crippen molar-refractivity contribution in [2.45, 2.75) is 5.38 Å². The molecule has 0 heterocycles. The Hall–Kier alpha value is -2.00. The molecule has 2 rings (SSSR count). The molecule has 1 amide bonds. The third-order valence-corrected chi connectivity index (χ3v) is 3.12. The summed E-state index contributed by atoms with van der Waals surface area (Å²) in [4.78, 5) is 11.9. The van der Waals surface area contributed by atoms with Crippen molar-refractivity contribution in [3.8, 4) is 5.75 Å². The maximum atomic E-state index is 11.9. The standard InChI is InChI=1S/C15H14ClNO2/c16-14(11-5-2-1-3-6-11)10-17-15(19)12-7-4-8-13(18)9-12/h1-9,14,18H,10H2,(H,17,19). The Bertz CT molecular complexity index is 557. The number of halogens is 1. The molecule has 0 bridgehead atoms. The van der Waals surface area contributed by atoms with Gasteiger partial charge in [-0.2, -0.15) is 0 Å².